The third kappa shape index (κ3) is 5.70. The monoisotopic (exact) mass is 324 g/mol. The molecule has 0 aromatic heterocycles. The highest BCUT2D eigenvalue weighted by molar-refractivity contribution is 4.95. The molecule has 5 N–H and O–H groups in total. The Morgan fingerprint density at radius 3 is 2.39 bits per heavy atom. The minimum absolute atomic E-state index is 0.0625. The highest BCUT2D eigenvalue weighted by Crippen LogP contribution is 2.34. The van der Waals surface area contributed by atoms with Gasteiger partial charge >= 0.3 is 0 Å². The third-order valence-corrected chi connectivity index (χ3v) is 5.81. The maximum atomic E-state index is 6.42. The van der Waals surface area contributed by atoms with Gasteiger partial charge in [-0.15, -0.1) is 0 Å². The lowest BCUT2D eigenvalue weighted by Gasteiger charge is -2.30. The van der Waals surface area contributed by atoms with Gasteiger partial charge in [0.2, 0.25) is 0 Å². The van der Waals surface area contributed by atoms with E-state index in [0.29, 0.717) is 30.0 Å². The summed E-state index contributed by atoms with van der Waals surface area (Å²) in [4.78, 5) is 2.73. The van der Waals surface area contributed by atoms with Gasteiger partial charge in [0.1, 0.15) is 0 Å². The molecule has 136 valence electrons. The van der Waals surface area contributed by atoms with Crippen LogP contribution in [0.2, 0.25) is 0 Å². The van der Waals surface area contributed by atoms with Crippen molar-refractivity contribution in [2.75, 3.05) is 19.6 Å². The smallest absolute Gasteiger partial charge is 0.0180 e. The molecule has 0 aromatic rings. The molecule has 0 radical (unpaired) electrons. The summed E-state index contributed by atoms with van der Waals surface area (Å²) >= 11 is 0. The van der Waals surface area contributed by atoms with Gasteiger partial charge in [0.15, 0.2) is 0 Å². The Hall–Kier alpha value is -0.160. The number of hydrogen-bond acceptors (Lipinski definition) is 4. The molecule has 0 bridgehead atoms. The van der Waals surface area contributed by atoms with E-state index in [0.717, 1.165) is 18.9 Å². The van der Waals surface area contributed by atoms with E-state index in [1.165, 1.54) is 32.4 Å². The lowest BCUT2D eigenvalue weighted by molar-refractivity contribution is 0.185. The second kappa shape index (κ2) is 7.81. The van der Waals surface area contributed by atoms with Crippen molar-refractivity contribution >= 4 is 0 Å². The molecule has 0 aliphatic carbocycles. The zero-order valence-corrected chi connectivity index (χ0v) is 16.0. The summed E-state index contributed by atoms with van der Waals surface area (Å²) in [6.45, 7) is 14.8. The van der Waals surface area contributed by atoms with E-state index in [1.54, 1.807) is 0 Å². The molecule has 2 heterocycles. The molecule has 2 aliphatic rings. The number of nitrogens with two attached hydrogens (primary N) is 2. The van der Waals surface area contributed by atoms with Crippen LogP contribution in [0.1, 0.15) is 60.3 Å². The first-order chi connectivity index (χ1) is 10.6. The van der Waals surface area contributed by atoms with Gasteiger partial charge in [-0.3, -0.25) is 4.90 Å². The Morgan fingerprint density at radius 1 is 1.17 bits per heavy atom. The van der Waals surface area contributed by atoms with Gasteiger partial charge in [0, 0.05) is 43.3 Å². The average molecular weight is 325 g/mol. The van der Waals surface area contributed by atoms with E-state index in [1.807, 2.05) is 0 Å². The van der Waals surface area contributed by atoms with Crippen LogP contribution in [0, 0.1) is 17.8 Å². The van der Waals surface area contributed by atoms with Gasteiger partial charge < -0.3 is 16.8 Å². The van der Waals surface area contributed by atoms with Gasteiger partial charge in [-0.05, 0) is 57.3 Å². The predicted octanol–water partition coefficient (Wildman–Crippen LogP) is 2.18. The van der Waals surface area contributed by atoms with Gasteiger partial charge in [-0.1, -0.05) is 20.8 Å². The first kappa shape index (κ1) is 19.2. The van der Waals surface area contributed by atoms with Crippen molar-refractivity contribution in [3.05, 3.63) is 0 Å². The van der Waals surface area contributed by atoms with Crippen LogP contribution in [0.4, 0.5) is 0 Å². The maximum Gasteiger partial charge on any atom is 0.0180 e. The zero-order chi connectivity index (χ0) is 17.2. The summed E-state index contributed by atoms with van der Waals surface area (Å²) in [6.07, 6.45) is 4.94. The minimum atomic E-state index is -0.0625. The van der Waals surface area contributed by atoms with Crippen molar-refractivity contribution in [3.63, 3.8) is 0 Å². The molecule has 2 saturated heterocycles. The molecule has 5 atom stereocenters. The maximum absolute atomic E-state index is 6.42. The number of nitrogens with one attached hydrogen (secondary N) is 1. The van der Waals surface area contributed by atoms with Crippen molar-refractivity contribution in [3.8, 4) is 0 Å². The molecule has 4 nitrogen and oxygen atoms in total. The first-order valence-electron chi connectivity index (χ1n) is 9.67. The fourth-order valence-corrected chi connectivity index (χ4v) is 4.53. The second-order valence-corrected chi connectivity index (χ2v) is 9.43. The molecular weight excluding hydrogens is 284 g/mol. The van der Waals surface area contributed by atoms with Crippen LogP contribution in [0.15, 0.2) is 0 Å². The Kier molecular flexibility index (Phi) is 6.51. The van der Waals surface area contributed by atoms with Crippen LogP contribution in [0.3, 0.4) is 0 Å². The molecule has 2 unspecified atom stereocenters. The molecule has 2 aliphatic heterocycles. The lowest BCUT2D eigenvalue weighted by Crippen LogP contribution is -2.42. The fraction of sp³-hybridized carbons (Fsp3) is 1.00. The van der Waals surface area contributed by atoms with Crippen molar-refractivity contribution in [2.24, 2.45) is 29.2 Å². The molecule has 4 heteroatoms. The first-order valence-corrected chi connectivity index (χ1v) is 9.67. The molecule has 2 rings (SSSR count). The third-order valence-electron chi connectivity index (χ3n) is 5.81. The van der Waals surface area contributed by atoms with Crippen molar-refractivity contribution in [1.29, 1.82) is 0 Å². The molecule has 0 amide bonds. The van der Waals surface area contributed by atoms with Crippen LogP contribution in [-0.2, 0) is 0 Å². The van der Waals surface area contributed by atoms with Crippen LogP contribution >= 0.6 is 0 Å². The second-order valence-electron chi connectivity index (χ2n) is 9.43. The van der Waals surface area contributed by atoms with Crippen molar-refractivity contribution in [2.45, 2.75) is 84.0 Å². The molecule has 0 spiro atoms. The quantitative estimate of drug-likeness (QED) is 0.671. The largest absolute Gasteiger partial charge is 0.326 e. The number of hydrogen-bond donors (Lipinski definition) is 3. The number of likely N-dealkylation sites (tertiary alicyclic amines) is 1. The minimum Gasteiger partial charge on any atom is -0.326 e. The number of nitrogens with zero attached hydrogens (tertiary/aromatic N) is 1. The van der Waals surface area contributed by atoms with E-state index in [4.69, 9.17) is 11.5 Å². The summed E-state index contributed by atoms with van der Waals surface area (Å²) in [5, 5.41) is 3.58. The molecular formula is C19H40N4. The Bertz CT molecular complexity index is 363. The van der Waals surface area contributed by atoms with E-state index in [2.05, 4.69) is 44.8 Å². The van der Waals surface area contributed by atoms with Crippen molar-refractivity contribution < 1.29 is 0 Å². The predicted molar refractivity (Wildman–Crippen MR) is 99.4 cm³/mol. The van der Waals surface area contributed by atoms with E-state index in [-0.39, 0.29) is 5.54 Å². The van der Waals surface area contributed by atoms with Crippen LogP contribution in [0.5, 0.6) is 0 Å². The normalized spacial score (nSPS) is 34.4. The van der Waals surface area contributed by atoms with Crippen LogP contribution < -0.4 is 16.8 Å². The van der Waals surface area contributed by atoms with Crippen LogP contribution in [0.25, 0.3) is 0 Å². The SMILES string of the molecule is CC(C)C[C@@H]1CC(C(C)(C)N)CN1CC(C)C[C@@H]1C[C@H](N)CN1. The van der Waals surface area contributed by atoms with Crippen LogP contribution in [-0.4, -0.2) is 48.2 Å². The topological polar surface area (TPSA) is 67.3 Å². The summed E-state index contributed by atoms with van der Waals surface area (Å²) in [7, 11) is 0. The van der Waals surface area contributed by atoms with E-state index >= 15 is 0 Å². The van der Waals surface area contributed by atoms with Crippen molar-refractivity contribution in [1.82, 2.24) is 10.2 Å². The summed E-state index contributed by atoms with van der Waals surface area (Å²) in [5.41, 5.74) is 12.4. The lowest BCUT2D eigenvalue weighted by atomic mass is 9.85. The van der Waals surface area contributed by atoms with E-state index < -0.39 is 0 Å². The van der Waals surface area contributed by atoms with Gasteiger partial charge in [-0.25, -0.2) is 0 Å². The summed E-state index contributed by atoms with van der Waals surface area (Å²) in [6, 6.07) is 1.69. The van der Waals surface area contributed by atoms with Gasteiger partial charge in [0.05, 0.1) is 0 Å². The Morgan fingerprint density at radius 2 is 1.87 bits per heavy atom. The molecule has 0 aromatic carbocycles. The van der Waals surface area contributed by atoms with Gasteiger partial charge in [-0.2, -0.15) is 0 Å². The zero-order valence-electron chi connectivity index (χ0n) is 16.0. The van der Waals surface area contributed by atoms with E-state index in [9.17, 15) is 0 Å². The Labute approximate surface area is 143 Å². The number of rotatable bonds is 7. The summed E-state index contributed by atoms with van der Waals surface area (Å²) in [5.74, 6) is 2.09. The van der Waals surface area contributed by atoms with Gasteiger partial charge in [0.25, 0.3) is 0 Å². The molecule has 0 saturated carbocycles. The average Bonchev–Trinajstić information content (AvgIpc) is 2.96. The highest BCUT2D eigenvalue weighted by Gasteiger charge is 2.39. The highest BCUT2D eigenvalue weighted by atomic mass is 15.2. The fourth-order valence-electron chi connectivity index (χ4n) is 4.53. The summed E-state index contributed by atoms with van der Waals surface area (Å²) < 4.78 is 0. The standard InChI is InChI=1S/C19H40N4/c1-13(2)6-18-8-15(19(4,5)21)12-23(18)11-14(3)7-17-9-16(20)10-22-17/h13-18,22H,6-12,20-21H2,1-5H3/t14?,15?,16-,17+,18+/m0/s1. The molecule has 2 fully saturated rings. The Balaban J connectivity index is 1.89. The molecule has 23 heavy (non-hydrogen) atoms.